The van der Waals surface area contributed by atoms with Gasteiger partial charge < -0.3 is 4.57 Å². The lowest BCUT2D eigenvalue weighted by Crippen LogP contribution is -2.17. The SMILES string of the molecule is Cn1c(NC(=O)Cc2ccc(-n3cnnn3)cc2)nc2ccccc21. The molecule has 2 aromatic carbocycles. The van der Waals surface area contributed by atoms with Gasteiger partial charge >= 0.3 is 0 Å². The molecule has 0 fully saturated rings. The van der Waals surface area contributed by atoms with Gasteiger partial charge in [-0.25, -0.2) is 9.67 Å². The molecule has 4 rings (SSSR count). The average Bonchev–Trinajstić information content (AvgIpc) is 3.25. The lowest BCUT2D eigenvalue weighted by Gasteiger charge is -2.06. The van der Waals surface area contributed by atoms with Gasteiger partial charge in [-0.15, -0.1) is 5.10 Å². The molecule has 8 nitrogen and oxygen atoms in total. The van der Waals surface area contributed by atoms with Crippen LogP contribution in [0.3, 0.4) is 0 Å². The van der Waals surface area contributed by atoms with Crippen LogP contribution < -0.4 is 5.32 Å². The van der Waals surface area contributed by atoms with Gasteiger partial charge in [-0.1, -0.05) is 24.3 Å². The van der Waals surface area contributed by atoms with Gasteiger partial charge in [0.05, 0.1) is 23.1 Å². The maximum atomic E-state index is 12.3. The van der Waals surface area contributed by atoms with E-state index in [0.29, 0.717) is 5.95 Å². The van der Waals surface area contributed by atoms with E-state index in [1.807, 2.05) is 60.1 Å². The summed E-state index contributed by atoms with van der Waals surface area (Å²) < 4.78 is 3.43. The Morgan fingerprint density at radius 1 is 1.12 bits per heavy atom. The molecule has 0 bridgehead atoms. The molecule has 1 N–H and O–H groups in total. The molecule has 0 spiro atoms. The quantitative estimate of drug-likeness (QED) is 0.614. The van der Waals surface area contributed by atoms with Gasteiger partial charge in [0, 0.05) is 7.05 Å². The standard InChI is InChI=1S/C17H15N7O/c1-23-15-5-3-2-4-14(15)19-17(23)20-16(25)10-12-6-8-13(9-7-12)24-11-18-21-22-24/h2-9,11H,10H2,1H3,(H,19,20,25). The van der Waals surface area contributed by atoms with Crippen molar-refractivity contribution in [2.24, 2.45) is 7.05 Å². The van der Waals surface area contributed by atoms with E-state index >= 15 is 0 Å². The zero-order valence-electron chi connectivity index (χ0n) is 13.5. The highest BCUT2D eigenvalue weighted by Gasteiger charge is 2.11. The number of nitrogens with zero attached hydrogens (tertiary/aromatic N) is 6. The number of hydrogen-bond acceptors (Lipinski definition) is 5. The fourth-order valence-corrected chi connectivity index (χ4v) is 2.66. The molecular formula is C17H15N7O. The van der Waals surface area contributed by atoms with Gasteiger partial charge in [0.15, 0.2) is 0 Å². The number of amides is 1. The average molecular weight is 333 g/mol. The Morgan fingerprint density at radius 2 is 1.92 bits per heavy atom. The van der Waals surface area contributed by atoms with Crippen molar-refractivity contribution in [1.82, 2.24) is 29.8 Å². The van der Waals surface area contributed by atoms with E-state index in [2.05, 4.69) is 25.8 Å². The van der Waals surface area contributed by atoms with Crippen LogP contribution in [0, 0.1) is 0 Å². The largest absolute Gasteiger partial charge is 0.313 e. The molecule has 0 saturated heterocycles. The molecule has 0 aliphatic rings. The number of fused-ring (bicyclic) bond motifs is 1. The number of aryl methyl sites for hydroxylation is 1. The van der Waals surface area contributed by atoms with Crippen molar-refractivity contribution in [3.63, 3.8) is 0 Å². The molecule has 0 atom stereocenters. The highest BCUT2D eigenvalue weighted by molar-refractivity contribution is 5.92. The number of benzene rings is 2. The topological polar surface area (TPSA) is 90.5 Å². The monoisotopic (exact) mass is 333 g/mol. The van der Waals surface area contributed by atoms with Crippen molar-refractivity contribution in [2.45, 2.75) is 6.42 Å². The number of hydrogen-bond donors (Lipinski definition) is 1. The predicted molar refractivity (Wildman–Crippen MR) is 92.2 cm³/mol. The third kappa shape index (κ3) is 2.97. The minimum absolute atomic E-state index is 0.117. The smallest absolute Gasteiger partial charge is 0.231 e. The minimum atomic E-state index is -0.117. The maximum Gasteiger partial charge on any atom is 0.231 e. The van der Waals surface area contributed by atoms with Gasteiger partial charge in [-0.3, -0.25) is 10.1 Å². The summed E-state index contributed by atoms with van der Waals surface area (Å²) in [6, 6.07) is 15.3. The molecule has 0 aliphatic carbocycles. The Hall–Kier alpha value is -3.55. The summed E-state index contributed by atoms with van der Waals surface area (Å²) in [5.74, 6) is 0.421. The summed E-state index contributed by atoms with van der Waals surface area (Å²) in [5.41, 5.74) is 3.56. The van der Waals surface area contributed by atoms with Crippen LogP contribution in [-0.4, -0.2) is 35.7 Å². The van der Waals surface area contributed by atoms with Crippen molar-refractivity contribution in [2.75, 3.05) is 5.32 Å². The van der Waals surface area contributed by atoms with E-state index in [0.717, 1.165) is 22.3 Å². The van der Waals surface area contributed by atoms with E-state index in [1.165, 1.54) is 6.33 Å². The molecule has 0 aliphatic heterocycles. The summed E-state index contributed by atoms with van der Waals surface area (Å²) in [4.78, 5) is 16.8. The van der Waals surface area contributed by atoms with E-state index in [4.69, 9.17) is 0 Å². The van der Waals surface area contributed by atoms with Crippen LogP contribution in [0.2, 0.25) is 0 Å². The van der Waals surface area contributed by atoms with Crippen molar-refractivity contribution in [3.05, 3.63) is 60.4 Å². The summed E-state index contributed by atoms with van der Waals surface area (Å²) >= 11 is 0. The van der Waals surface area contributed by atoms with Crippen LogP contribution in [-0.2, 0) is 18.3 Å². The lowest BCUT2D eigenvalue weighted by atomic mass is 10.1. The zero-order valence-corrected chi connectivity index (χ0v) is 13.5. The number of carbonyl (C=O) groups excluding carboxylic acids is 1. The van der Waals surface area contributed by atoms with Gasteiger partial charge in [0.2, 0.25) is 11.9 Å². The van der Waals surface area contributed by atoms with E-state index in [9.17, 15) is 4.79 Å². The second-order valence-corrected chi connectivity index (χ2v) is 5.63. The van der Waals surface area contributed by atoms with Crippen LogP contribution in [0.4, 0.5) is 5.95 Å². The molecule has 0 unspecified atom stereocenters. The number of aromatic nitrogens is 6. The molecule has 0 saturated carbocycles. The van der Waals surface area contributed by atoms with Crippen LogP contribution in [0.5, 0.6) is 0 Å². The fraction of sp³-hybridized carbons (Fsp3) is 0.118. The predicted octanol–water partition coefficient (Wildman–Crippen LogP) is 1.73. The Morgan fingerprint density at radius 3 is 2.64 bits per heavy atom. The van der Waals surface area contributed by atoms with Crippen molar-refractivity contribution < 1.29 is 4.79 Å². The first-order valence-electron chi connectivity index (χ1n) is 7.74. The van der Waals surface area contributed by atoms with Crippen LogP contribution in [0.1, 0.15) is 5.56 Å². The number of carbonyl (C=O) groups is 1. The zero-order chi connectivity index (χ0) is 17.2. The summed E-state index contributed by atoms with van der Waals surface area (Å²) in [6.45, 7) is 0. The molecular weight excluding hydrogens is 318 g/mol. The molecule has 1 amide bonds. The highest BCUT2D eigenvalue weighted by Crippen LogP contribution is 2.18. The summed E-state index contributed by atoms with van der Waals surface area (Å²) in [7, 11) is 1.88. The van der Waals surface area contributed by atoms with Crippen molar-refractivity contribution >= 4 is 22.9 Å². The van der Waals surface area contributed by atoms with Gasteiger partial charge in [0.1, 0.15) is 6.33 Å². The van der Waals surface area contributed by atoms with Gasteiger partial charge in [-0.05, 0) is 40.3 Å². The third-order valence-electron chi connectivity index (χ3n) is 3.95. The van der Waals surface area contributed by atoms with Crippen LogP contribution in [0.15, 0.2) is 54.9 Å². The lowest BCUT2D eigenvalue weighted by molar-refractivity contribution is -0.115. The molecule has 8 heteroatoms. The van der Waals surface area contributed by atoms with Crippen LogP contribution in [0.25, 0.3) is 16.7 Å². The second kappa shape index (κ2) is 6.16. The van der Waals surface area contributed by atoms with Gasteiger partial charge in [0.25, 0.3) is 0 Å². The number of nitrogens with one attached hydrogen (secondary N) is 1. The summed E-state index contributed by atoms with van der Waals surface area (Å²) in [5, 5.41) is 13.9. The number of tetrazole rings is 1. The van der Waals surface area contributed by atoms with Crippen molar-refractivity contribution in [1.29, 1.82) is 0 Å². The van der Waals surface area contributed by atoms with E-state index in [1.54, 1.807) is 4.68 Å². The Kier molecular flexibility index (Phi) is 3.70. The first-order chi connectivity index (χ1) is 12.2. The second-order valence-electron chi connectivity index (χ2n) is 5.63. The van der Waals surface area contributed by atoms with Crippen LogP contribution >= 0.6 is 0 Å². The number of para-hydroxylation sites is 2. The van der Waals surface area contributed by atoms with E-state index < -0.39 is 0 Å². The Bertz CT molecular complexity index is 1020. The Labute approximate surface area is 143 Å². The maximum absolute atomic E-state index is 12.3. The Balaban J connectivity index is 1.47. The summed E-state index contributed by atoms with van der Waals surface area (Å²) in [6.07, 6.45) is 1.78. The molecule has 2 heterocycles. The molecule has 0 radical (unpaired) electrons. The third-order valence-corrected chi connectivity index (χ3v) is 3.95. The van der Waals surface area contributed by atoms with E-state index in [-0.39, 0.29) is 12.3 Å². The fourth-order valence-electron chi connectivity index (χ4n) is 2.66. The van der Waals surface area contributed by atoms with Gasteiger partial charge in [-0.2, -0.15) is 0 Å². The number of imidazole rings is 1. The first kappa shape index (κ1) is 15.0. The highest BCUT2D eigenvalue weighted by atomic mass is 16.1. The normalized spacial score (nSPS) is 10.9. The number of rotatable bonds is 4. The van der Waals surface area contributed by atoms with Crippen molar-refractivity contribution in [3.8, 4) is 5.69 Å². The molecule has 2 aromatic heterocycles. The molecule has 25 heavy (non-hydrogen) atoms. The number of anilines is 1. The first-order valence-corrected chi connectivity index (χ1v) is 7.74. The molecule has 124 valence electrons. The molecule has 4 aromatic rings. The minimum Gasteiger partial charge on any atom is -0.313 e.